The lowest BCUT2D eigenvalue weighted by atomic mass is 10.2. The zero-order valence-electron chi connectivity index (χ0n) is 11.7. The second kappa shape index (κ2) is 6.36. The molecule has 0 atom stereocenters. The Labute approximate surface area is 131 Å². The monoisotopic (exact) mass is 348 g/mol. The SMILES string of the molecule is Cn1ncc(C(=O)O)c1C(=O)NCCc1nc(C(F)(F)F)cs1. The number of rotatable bonds is 5. The van der Waals surface area contributed by atoms with Gasteiger partial charge in [0.2, 0.25) is 0 Å². The lowest BCUT2D eigenvalue weighted by Gasteiger charge is -2.05. The maximum Gasteiger partial charge on any atom is 0.434 e. The molecule has 0 aliphatic heterocycles. The zero-order valence-corrected chi connectivity index (χ0v) is 12.5. The number of carboxylic acids is 1. The number of aryl methyl sites for hydroxylation is 1. The van der Waals surface area contributed by atoms with Gasteiger partial charge in [-0.25, -0.2) is 9.78 Å². The van der Waals surface area contributed by atoms with Gasteiger partial charge in [-0.1, -0.05) is 0 Å². The van der Waals surface area contributed by atoms with Gasteiger partial charge in [-0.05, 0) is 0 Å². The van der Waals surface area contributed by atoms with Crippen LogP contribution in [0.15, 0.2) is 11.6 Å². The summed E-state index contributed by atoms with van der Waals surface area (Å²) in [5.74, 6) is -1.96. The van der Waals surface area contributed by atoms with Crippen molar-refractivity contribution in [3.63, 3.8) is 0 Å². The molecule has 2 N–H and O–H groups in total. The minimum absolute atomic E-state index is 0.0217. The molecule has 0 saturated heterocycles. The molecule has 0 aromatic carbocycles. The van der Waals surface area contributed by atoms with Crippen LogP contribution in [-0.2, 0) is 19.6 Å². The third kappa shape index (κ3) is 3.86. The van der Waals surface area contributed by atoms with E-state index >= 15 is 0 Å². The summed E-state index contributed by atoms with van der Waals surface area (Å²) in [5, 5.41) is 16.2. The second-order valence-corrected chi connectivity index (χ2v) is 5.41. The summed E-state index contributed by atoms with van der Waals surface area (Å²) in [5.41, 5.74) is -1.35. The molecule has 124 valence electrons. The molecule has 2 heterocycles. The van der Waals surface area contributed by atoms with E-state index in [0.717, 1.165) is 27.6 Å². The van der Waals surface area contributed by atoms with E-state index in [-0.39, 0.29) is 29.2 Å². The van der Waals surface area contributed by atoms with Crippen LogP contribution in [0.25, 0.3) is 0 Å². The average molecular weight is 348 g/mol. The minimum atomic E-state index is -4.50. The molecular weight excluding hydrogens is 337 g/mol. The molecule has 0 bridgehead atoms. The number of aromatic carboxylic acids is 1. The molecular formula is C12H11F3N4O3S. The highest BCUT2D eigenvalue weighted by Crippen LogP contribution is 2.29. The van der Waals surface area contributed by atoms with E-state index in [9.17, 15) is 22.8 Å². The summed E-state index contributed by atoms with van der Waals surface area (Å²) in [4.78, 5) is 26.4. The van der Waals surface area contributed by atoms with Crippen LogP contribution in [-0.4, -0.2) is 38.3 Å². The number of carbonyl (C=O) groups excluding carboxylic acids is 1. The van der Waals surface area contributed by atoms with Crippen molar-refractivity contribution in [2.45, 2.75) is 12.6 Å². The van der Waals surface area contributed by atoms with Crippen molar-refractivity contribution in [1.82, 2.24) is 20.1 Å². The van der Waals surface area contributed by atoms with Gasteiger partial charge in [-0.3, -0.25) is 9.48 Å². The van der Waals surface area contributed by atoms with Crippen molar-refractivity contribution in [3.8, 4) is 0 Å². The number of carbonyl (C=O) groups is 2. The molecule has 0 spiro atoms. The number of alkyl halides is 3. The predicted molar refractivity (Wildman–Crippen MR) is 73.3 cm³/mol. The molecule has 0 unspecified atom stereocenters. The fraction of sp³-hybridized carbons (Fsp3) is 0.333. The number of aromatic nitrogens is 3. The van der Waals surface area contributed by atoms with Crippen molar-refractivity contribution in [1.29, 1.82) is 0 Å². The lowest BCUT2D eigenvalue weighted by Crippen LogP contribution is -2.29. The van der Waals surface area contributed by atoms with E-state index in [1.165, 1.54) is 7.05 Å². The summed E-state index contributed by atoms with van der Waals surface area (Å²) in [7, 11) is 1.41. The Morgan fingerprint density at radius 1 is 1.43 bits per heavy atom. The van der Waals surface area contributed by atoms with Gasteiger partial charge in [0.1, 0.15) is 11.3 Å². The summed E-state index contributed by atoms with van der Waals surface area (Å²) in [6.45, 7) is 0.0217. The first-order valence-electron chi connectivity index (χ1n) is 6.25. The highest BCUT2D eigenvalue weighted by Gasteiger charge is 2.33. The minimum Gasteiger partial charge on any atom is -0.478 e. The average Bonchev–Trinajstić information content (AvgIpc) is 3.04. The predicted octanol–water partition coefficient (Wildman–Crippen LogP) is 1.57. The quantitative estimate of drug-likeness (QED) is 0.855. The van der Waals surface area contributed by atoms with Crippen molar-refractivity contribution < 1.29 is 27.9 Å². The first kappa shape index (κ1) is 16.9. The zero-order chi connectivity index (χ0) is 17.2. The fourth-order valence-corrected chi connectivity index (χ4v) is 2.59. The summed E-state index contributed by atoms with van der Waals surface area (Å²) in [6.07, 6.45) is -3.34. The molecule has 7 nitrogen and oxygen atoms in total. The molecule has 0 radical (unpaired) electrons. The molecule has 2 aromatic rings. The molecule has 0 saturated carbocycles. The molecule has 0 aliphatic rings. The molecule has 23 heavy (non-hydrogen) atoms. The Hall–Kier alpha value is -2.43. The molecule has 11 heteroatoms. The number of halogens is 3. The normalized spacial score (nSPS) is 11.5. The van der Waals surface area contributed by atoms with E-state index in [0.29, 0.717) is 0 Å². The molecule has 1 amide bonds. The van der Waals surface area contributed by atoms with E-state index in [2.05, 4.69) is 15.4 Å². The van der Waals surface area contributed by atoms with Crippen LogP contribution in [0, 0.1) is 0 Å². The maximum absolute atomic E-state index is 12.4. The molecule has 2 aromatic heterocycles. The van der Waals surface area contributed by atoms with E-state index in [1.54, 1.807) is 0 Å². The van der Waals surface area contributed by atoms with Gasteiger partial charge < -0.3 is 10.4 Å². The standard InChI is InChI=1S/C12H11F3N4O3S/c1-19-9(6(4-17-19)11(21)22)10(20)16-3-2-8-18-7(5-23-8)12(13,14)15/h4-5H,2-3H2,1H3,(H,16,20)(H,21,22). The fourth-order valence-electron chi connectivity index (χ4n) is 1.79. The number of amides is 1. The first-order valence-corrected chi connectivity index (χ1v) is 7.13. The highest BCUT2D eigenvalue weighted by molar-refractivity contribution is 7.09. The third-order valence-corrected chi connectivity index (χ3v) is 3.76. The smallest absolute Gasteiger partial charge is 0.434 e. The Kier molecular flexibility index (Phi) is 4.68. The topological polar surface area (TPSA) is 97.1 Å². The van der Waals surface area contributed by atoms with E-state index < -0.39 is 23.7 Å². The number of nitrogens with zero attached hydrogens (tertiary/aromatic N) is 3. The van der Waals surface area contributed by atoms with Gasteiger partial charge in [0, 0.05) is 25.4 Å². The van der Waals surface area contributed by atoms with Gasteiger partial charge in [-0.2, -0.15) is 18.3 Å². The Morgan fingerprint density at radius 2 is 2.13 bits per heavy atom. The Bertz CT molecular complexity index is 738. The van der Waals surface area contributed by atoms with Crippen LogP contribution in [0.1, 0.15) is 31.5 Å². The summed E-state index contributed by atoms with van der Waals surface area (Å²) in [6, 6.07) is 0. The van der Waals surface area contributed by atoms with Crippen LogP contribution >= 0.6 is 11.3 Å². The van der Waals surface area contributed by atoms with Gasteiger partial charge in [0.05, 0.1) is 11.2 Å². The number of hydrogen-bond donors (Lipinski definition) is 2. The van der Waals surface area contributed by atoms with Crippen molar-refractivity contribution >= 4 is 23.2 Å². The number of carboxylic acid groups (broad SMARTS) is 1. The largest absolute Gasteiger partial charge is 0.478 e. The van der Waals surface area contributed by atoms with Gasteiger partial charge in [0.15, 0.2) is 5.69 Å². The number of nitrogens with one attached hydrogen (secondary N) is 1. The maximum atomic E-state index is 12.4. The Balaban J connectivity index is 1.97. The summed E-state index contributed by atoms with van der Waals surface area (Å²) >= 11 is 0.843. The molecule has 0 fully saturated rings. The molecule has 2 rings (SSSR count). The number of thiazole rings is 1. The van der Waals surface area contributed by atoms with Crippen LogP contribution in [0.5, 0.6) is 0 Å². The van der Waals surface area contributed by atoms with Crippen molar-refractivity contribution in [3.05, 3.63) is 33.5 Å². The van der Waals surface area contributed by atoms with Crippen LogP contribution in [0.2, 0.25) is 0 Å². The van der Waals surface area contributed by atoms with Crippen molar-refractivity contribution in [2.75, 3.05) is 6.54 Å². The van der Waals surface area contributed by atoms with Gasteiger partial charge in [0.25, 0.3) is 5.91 Å². The van der Waals surface area contributed by atoms with Crippen LogP contribution in [0.4, 0.5) is 13.2 Å². The second-order valence-electron chi connectivity index (χ2n) is 4.47. The summed E-state index contributed by atoms with van der Waals surface area (Å²) < 4.78 is 38.3. The van der Waals surface area contributed by atoms with Crippen LogP contribution in [0.3, 0.4) is 0 Å². The van der Waals surface area contributed by atoms with Gasteiger partial charge >= 0.3 is 12.1 Å². The van der Waals surface area contributed by atoms with Crippen molar-refractivity contribution in [2.24, 2.45) is 7.05 Å². The van der Waals surface area contributed by atoms with Crippen LogP contribution < -0.4 is 5.32 Å². The van der Waals surface area contributed by atoms with E-state index in [1.807, 2.05) is 0 Å². The van der Waals surface area contributed by atoms with E-state index in [4.69, 9.17) is 5.11 Å². The highest BCUT2D eigenvalue weighted by atomic mass is 32.1. The first-order chi connectivity index (χ1) is 10.7. The third-order valence-electron chi connectivity index (χ3n) is 2.85. The lowest BCUT2D eigenvalue weighted by molar-refractivity contribution is -0.140. The molecule has 0 aliphatic carbocycles. The Morgan fingerprint density at radius 3 is 2.70 bits per heavy atom. The van der Waals surface area contributed by atoms with Gasteiger partial charge in [-0.15, -0.1) is 11.3 Å². The number of hydrogen-bond acceptors (Lipinski definition) is 5.